The fraction of sp³-hybridized carbons (Fsp3) is 0.286. The Balaban J connectivity index is 1.55. The second kappa shape index (κ2) is 9.69. The third-order valence-corrected chi connectivity index (χ3v) is 6.45. The lowest BCUT2D eigenvalue weighted by atomic mass is 10.2. The van der Waals surface area contributed by atoms with Crippen molar-refractivity contribution in [2.24, 2.45) is 0 Å². The van der Waals surface area contributed by atoms with Crippen LogP contribution in [0.2, 0.25) is 0 Å². The van der Waals surface area contributed by atoms with Crippen molar-refractivity contribution in [2.45, 2.75) is 11.4 Å². The smallest absolute Gasteiger partial charge is 0.244 e. The molecule has 0 saturated carbocycles. The van der Waals surface area contributed by atoms with Crippen LogP contribution in [0.5, 0.6) is 5.75 Å². The van der Waals surface area contributed by atoms with Gasteiger partial charge in [-0.3, -0.25) is 4.79 Å². The Morgan fingerprint density at radius 3 is 2.38 bits per heavy atom. The van der Waals surface area contributed by atoms with E-state index in [9.17, 15) is 13.2 Å². The molecule has 8 heteroatoms. The van der Waals surface area contributed by atoms with E-state index >= 15 is 0 Å². The van der Waals surface area contributed by atoms with Crippen molar-refractivity contribution in [2.75, 3.05) is 33.4 Å². The number of methoxy groups -OCH3 is 1. The zero-order chi connectivity index (χ0) is 20.7. The van der Waals surface area contributed by atoms with E-state index < -0.39 is 10.0 Å². The van der Waals surface area contributed by atoms with Crippen LogP contribution in [0.25, 0.3) is 6.08 Å². The number of benzene rings is 2. The molecule has 1 amide bonds. The molecule has 0 radical (unpaired) electrons. The molecule has 1 saturated heterocycles. The Labute approximate surface area is 171 Å². The highest BCUT2D eigenvalue weighted by Gasteiger charge is 2.25. The second-order valence-corrected chi connectivity index (χ2v) is 8.42. The molecule has 7 nitrogen and oxygen atoms in total. The number of carbonyl (C=O) groups is 1. The van der Waals surface area contributed by atoms with E-state index in [1.165, 1.54) is 10.4 Å². The number of hydrogen-bond acceptors (Lipinski definition) is 5. The molecule has 2 aromatic rings. The summed E-state index contributed by atoms with van der Waals surface area (Å²) in [5.74, 6) is 0.532. The number of sulfonamides is 1. The molecule has 0 spiro atoms. The quantitative estimate of drug-likeness (QED) is 0.699. The molecule has 0 aliphatic carbocycles. The molecule has 1 N–H and O–H groups in total. The molecule has 1 fully saturated rings. The summed E-state index contributed by atoms with van der Waals surface area (Å²) in [6, 6.07) is 13.9. The Morgan fingerprint density at radius 2 is 1.76 bits per heavy atom. The largest absolute Gasteiger partial charge is 0.497 e. The van der Waals surface area contributed by atoms with Gasteiger partial charge < -0.3 is 14.8 Å². The Hall–Kier alpha value is -2.68. The van der Waals surface area contributed by atoms with Crippen LogP contribution in [0.4, 0.5) is 0 Å². The van der Waals surface area contributed by atoms with E-state index in [0.717, 1.165) is 16.9 Å². The SMILES string of the molecule is COc1ccc(CNC(=O)/C=C/c2ccc(S(=O)(=O)N3CCOCC3)cc2)cc1. The minimum atomic E-state index is -3.51. The van der Waals surface area contributed by atoms with Crippen LogP contribution in [0.3, 0.4) is 0 Å². The third kappa shape index (κ3) is 5.66. The molecule has 0 bridgehead atoms. The molecule has 0 unspecified atom stereocenters. The monoisotopic (exact) mass is 416 g/mol. The second-order valence-electron chi connectivity index (χ2n) is 6.48. The van der Waals surface area contributed by atoms with Crippen molar-refractivity contribution in [3.05, 3.63) is 65.7 Å². The molecular weight excluding hydrogens is 392 g/mol. The average Bonchev–Trinajstić information content (AvgIpc) is 2.77. The number of nitrogens with one attached hydrogen (secondary N) is 1. The van der Waals surface area contributed by atoms with Crippen molar-refractivity contribution >= 4 is 22.0 Å². The van der Waals surface area contributed by atoms with E-state index in [4.69, 9.17) is 9.47 Å². The fourth-order valence-electron chi connectivity index (χ4n) is 2.85. The highest BCUT2D eigenvalue weighted by atomic mass is 32.2. The summed E-state index contributed by atoms with van der Waals surface area (Å²) in [5, 5.41) is 2.80. The lowest BCUT2D eigenvalue weighted by Crippen LogP contribution is -2.40. The predicted molar refractivity (Wildman–Crippen MR) is 110 cm³/mol. The summed E-state index contributed by atoms with van der Waals surface area (Å²) in [5.41, 5.74) is 1.70. The van der Waals surface area contributed by atoms with Crippen molar-refractivity contribution in [1.82, 2.24) is 9.62 Å². The number of rotatable bonds is 7. The van der Waals surface area contributed by atoms with E-state index in [2.05, 4.69) is 5.32 Å². The lowest BCUT2D eigenvalue weighted by molar-refractivity contribution is -0.116. The zero-order valence-corrected chi connectivity index (χ0v) is 17.0. The maximum atomic E-state index is 12.6. The van der Waals surface area contributed by atoms with Gasteiger partial charge in [0.25, 0.3) is 0 Å². The van der Waals surface area contributed by atoms with Crippen molar-refractivity contribution in [3.63, 3.8) is 0 Å². The molecule has 1 aliphatic rings. The zero-order valence-electron chi connectivity index (χ0n) is 16.2. The van der Waals surface area contributed by atoms with Gasteiger partial charge in [-0.25, -0.2) is 8.42 Å². The van der Waals surface area contributed by atoms with Crippen molar-refractivity contribution in [1.29, 1.82) is 0 Å². The summed E-state index contributed by atoms with van der Waals surface area (Å²) >= 11 is 0. The van der Waals surface area contributed by atoms with Crippen molar-refractivity contribution in [3.8, 4) is 5.75 Å². The summed E-state index contributed by atoms with van der Waals surface area (Å²) in [4.78, 5) is 12.2. The molecule has 3 rings (SSSR count). The molecule has 29 heavy (non-hydrogen) atoms. The van der Waals surface area contributed by atoms with Gasteiger partial charge in [-0.1, -0.05) is 24.3 Å². The van der Waals surface area contributed by atoms with Crippen LogP contribution in [-0.4, -0.2) is 52.0 Å². The minimum Gasteiger partial charge on any atom is -0.497 e. The van der Waals surface area contributed by atoms with Gasteiger partial charge in [0.1, 0.15) is 5.75 Å². The normalized spacial score (nSPS) is 15.3. The highest BCUT2D eigenvalue weighted by molar-refractivity contribution is 7.89. The summed E-state index contributed by atoms with van der Waals surface area (Å²) in [6.07, 6.45) is 3.07. The minimum absolute atomic E-state index is 0.231. The number of carbonyl (C=O) groups excluding carboxylic acids is 1. The van der Waals surface area contributed by atoms with Gasteiger partial charge >= 0.3 is 0 Å². The van der Waals surface area contributed by atoms with E-state index in [1.54, 1.807) is 37.5 Å². The molecule has 0 aromatic heterocycles. The maximum absolute atomic E-state index is 12.6. The van der Waals surface area contributed by atoms with Crippen LogP contribution < -0.4 is 10.1 Å². The molecule has 1 heterocycles. The number of hydrogen-bond donors (Lipinski definition) is 1. The van der Waals surface area contributed by atoms with Gasteiger partial charge in [0, 0.05) is 25.7 Å². The molecule has 1 aliphatic heterocycles. The van der Waals surface area contributed by atoms with Gasteiger partial charge in [0.15, 0.2) is 0 Å². The number of morpholine rings is 1. The maximum Gasteiger partial charge on any atom is 0.244 e. The average molecular weight is 416 g/mol. The van der Waals surface area contributed by atoms with Crippen LogP contribution in [0.15, 0.2) is 59.5 Å². The lowest BCUT2D eigenvalue weighted by Gasteiger charge is -2.26. The van der Waals surface area contributed by atoms with Crippen LogP contribution in [0.1, 0.15) is 11.1 Å². The fourth-order valence-corrected chi connectivity index (χ4v) is 4.26. The first kappa shape index (κ1) is 21.0. The number of nitrogens with zero attached hydrogens (tertiary/aromatic N) is 1. The Morgan fingerprint density at radius 1 is 1.10 bits per heavy atom. The summed E-state index contributed by atoms with van der Waals surface area (Å²) in [7, 11) is -1.91. The standard InChI is InChI=1S/C21H24N2O5S/c1-27-19-7-2-18(3-8-19)16-22-21(24)11-6-17-4-9-20(10-5-17)29(25,26)23-12-14-28-15-13-23/h2-11H,12-16H2,1H3,(H,22,24)/b11-6+. The molecular formula is C21H24N2O5S. The van der Waals surface area contributed by atoms with Gasteiger partial charge in [-0.05, 0) is 41.5 Å². The third-order valence-electron chi connectivity index (χ3n) is 4.54. The first-order chi connectivity index (χ1) is 14.0. The van der Waals surface area contributed by atoms with E-state index in [-0.39, 0.29) is 10.8 Å². The Bertz CT molecular complexity index is 948. The Kier molecular flexibility index (Phi) is 7.03. The number of ether oxygens (including phenoxy) is 2. The van der Waals surface area contributed by atoms with Gasteiger partial charge in [0.05, 0.1) is 25.2 Å². The van der Waals surface area contributed by atoms with Gasteiger partial charge in [-0.2, -0.15) is 4.31 Å². The summed E-state index contributed by atoms with van der Waals surface area (Å²) in [6.45, 7) is 1.94. The van der Waals surface area contributed by atoms with Gasteiger partial charge in [0.2, 0.25) is 15.9 Å². The first-order valence-electron chi connectivity index (χ1n) is 9.26. The molecule has 154 valence electrons. The number of amides is 1. The van der Waals surface area contributed by atoms with Crippen LogP contribution >= 0.6 is 0 Å². The van der Waals surface area contributed by atoms with Crippen LogP contribution in [-0.2, 0) is 26.1 Å². The molecule has 0 atom stereocenters. The summed E-state index contributed by atoms with van der Waals surface area (Å²) < 4.78 is 36.9. The predicted octanol–water partition coefficient (Wildman–Crippen LogP) is 2.05. The first-order valence-corrected chi connectivity index (χ1v) is 10.7. The van der Waals surface area contributed by atoms with Crippen molar-refractivity contribution < 1.29 is 22.7 Å². The van der Waals surface area contributed by atoms with E-state index in [1.807, 2.05) is 24.3 Å². The topological polar surface area (TPSA) is 84.9 Å². The van der Waals surface area contributed by atoms with Crippen LogP contribution in [0, 0.1) is 0 Å². The van der Waals surface area contributed by atoms with Gasteiger partial charge in [-0.15, -0.1) is 0 Å². The molecule has 2 aromatic carbocycles. The highest BCUT2D eigenvalue weighted by Crippen LogP contribution is 2.18. The van der Waals surface area contributed by atoms with E-state index in [0.29, 0.717) is 32.8 Å².